The van der Waals surface area contributed by atoms with E-state index in [1.807, 2.05) is 35.2 Å². The van der Waals surface area contributed by atoms with Gasteiger partial charge >= 0.3 is 6.03 Å². The Balaban J connectivity index is 2.09. The van der Waals surface area contributed by atoms with Crippen LogP contribution in [0.4, 0.5) is 10.5 Å². The van der Waals surface area contributed by atoms with Crippen LogP contribution in [0.25, 0.3) is 0 Å². The number of H-pyrrole nitrogens is 1. The van der Waals surface area contributed by atoms with Crippen molar-refractivity contribution in [2.75, 3.05) is 5.32 Å². The number of hydrogen-bond donors (Lipinski definition) is 2. The Morgan fingerprint density at radius 2 is 2.15 bits per heavy atom. The minimum atomic E-state index is -0.107. The van der Waals surface area contributed by atoms with Gasteiger partial charge in [-0.15, -0.1) is 0 Å². The molecule has 5 nitrogen and oxygen atoms in total. The van der Waals surface area contributed by atoms with Crippen molar-refractivity contribution in [1.29, 1.82) is 0 Å². The van der Waals surface area contributed by atoms with Crippen molar-refractivity contribution in [2.24, 2.45) is 0 Å². The zero-order valence-electron chi connectivity index (χ0n) is 11.8. The van der Waals surface area contributed by atoms with Gasteiger partial charge in [0.05, 0.1) is 11.9 Å². The number of rotatable bonds is 5. The number of nitrogens with one attached hydrogen (secondary N) is 2. The second kappa shape index (κ2) is 6.75. The summed E-state index contributed by atoms with van der Waals surface area (Å²) in [6, 6.07) is 10.1. The third kappa shape index (κ3) is 3.60. The van der Waals surface area contributed by atoms with Crippen molar-refractivity contribution in [3.63, 3.8) is 0 Å². The first kappa shape index (κ1) is 14.1. The highest BCUT2D eigenvalue weighted by atomic mass is 16.2. The summed E-state index contributed by atoms with van der Waals surface area (Å²) >= 11 is 0. The monoisotopic (exact) mass is 272 g/mol. The molecule has 0 saturated carbocycles. The molecule has 0 aliphatic heterocycles. The van der Waals surface area contributed by atoms with Gasteiger partial charge in [0, 0.05) is 18.8 Å². The highest BCUT2D eigenvalue weighted by molar-refractivity contribution is 5.89. The molecule has 0 aliphatic carbocycles. The van der Waals surface area contributed by atoms with E-state index in [4.69, 9.17) is 0 Å². The summed E-state index contributed by atoms with van der Waals surface area (Å²) in [6.45, 7) is 4.73. The Hall–Kier alpha value is -2.30. The van der Waals surface area contributed by atoms with Crippen LogP contribution in [0, 0.1) is 0 Å². The summed E-state index contributed by atoms with van der Waals surface area (Å²) in [7, 11) is 0. The molecule has 1 heterocycles. The lowest BCUT2D eigenvalue weighted by atomic mass is 10.1. The number of amides is 2. The van der Waals surface area contributed by atoms with E-state index in [0.29, 0.717) is 12.2 Å². The van der Waals surface area contributed by atoms with Crippen LogP contribution in [0.1, 0.15) is 25.8 Å². The van der Waals surface area contributed by atoms with Crippen molar-refractivity contribution >= 4 is 11.7 Å². The minimum Gasteiger partial charge on any atom is -0.318 e. The molecule has 0 unspecified atom stereocenters. The quantitative estimate of drug-likeness (QED) is 0.877. The molecule has 5 heteroatoms. The SMILES string of the molecule is CC[C@@H](C)N(Cc1ccccc1)C(=O)Nc1cn[nH]c1. The lowest BCUT2D eigenvalue weighted by molar-refractivity contribution is 0.187. The molecule has 2 aromatic rings. The fourth-order valence-corrected chi connectivity index (χ4v) is 1.94. The molecular formula is C15H20N4O. The van der Waals surface area contributed by atoms with Crippen LogP contribution in [0.3, 0.4) is 0 Å². The zero-order valence-corrected chi connectivity index (χ0v) is 11.8. The van der Waals surface area contributed by atoms with Crippen molar-refractivity contribution in [3.8, 4) is 0 Å². The highest BCUT2D eigenvalue weighted by Crippen LogP contribution is 2.13. The third-order valence-electron chi connectivity index (χ3n) is 3.33. The van der Waals surface area contributed by atoms with E-state index in [-0.39, 0.29) is 12.1 Å². The van der Waals surface area contributed by atoms with Gasteiger partial charge in [-0.25, -0.2) is 4.79 Å². The molecule has 0 spiro atoms. The van der Waals surface area contributed by atoms with Crippen molar-refractivity contribution < 1.29 is 4.79 Å². The molecule has 0 aliphatic rings. The molecule has 0 bridgehead atoms. The van der Waals surface area contributed by atoms with E-state index in [0.717, 1.165) is 12.0 Å². The molecule has 1 atom stereocenters. The molecule has 0 saturated heterocycles. The summed E-state index contributed by atoms with van der Waals surface area (Å²) in [5.41, 5.74) is 1.80. The van der Waals surface area contributed by atoms with Gasteiger partial charge in [-0.1, -0.05) is 37.3 Å². The van der Waals surface area contributed by atoms with E-state index >= 15 is 0 Å². The van der Waals surface area contributed by atoms with E-state index in [1.54, 1.807) is 12.4 Å². The van der Waals surface area contributed by atoms with E-state index < -0.39 is 0 Å². The molecule has 0 fully saturated rings. The molecular weight excluding hydrogens is 252 g/mol. The summed E-state index contributed by atoms with van der Waals surface area (Å²) in [5.74, 6) is 0. The predicted molar refractivity (Wildman–Crippen MR) is 79.3 cm³/mol. The lowest BCUT2D eigenvalue weighted by Gasteiger charge is -2.28. The second-order valence-corrected chi connectivity index (χ2v) is 4.79. The van der Waals surface area contributed by atoms with Crippen LogP contribution in [0.2, 0.25) is 0 Å². The number of carbonyl (C=O) groups is 1. The van der Waals surface area contributed by atoms with Gasteiger partial charge in [0.25, 0.3) is 0 Å². The van der Waals surface area contributed by atoms with Crippen LogP contribution in [-0.2, 0) is 6.54 Å². The fraction of sp³-hybridized carbons (Fsp3) is 0.333. The Labute approximate surface area is 119 Å². The molecule has 1 aromatic carbocycles. The average molecular weight is 272 g/mol. The number of carbonyl (C=O) groups excluding carboxylic acids is 1. The molecule has 2 N–H and O–H groups in total. The molecule has 0 radical (unpaired) electrons. The maximum Gasteiger partial charge on any atom is 0.322 e. The largest absolute Gasteiger partial charge is 0.322 e. The minimum absolute atomic E-state index is 0.107. The number of hydrogen-bond acceptors (Lipinski definition) is 2. The summed E-state index contributed by atoms with van der Waals surface area (Å²) in [4.78, 5) is 14.2. The summed E-state index contributed by atoms with van der Waals surface area (Å²) in [5, 5.41) is 9.36. The van der Waals surface area contributed by atoms with Crippen LogP contribution in [-0.4, -0.2) is 27.2 Å². The van der Waals surface area contributed by atoms with Gasteiger partial charge < -0.3 is 10.2 Å². The van der Waals surface area contributed by atoms with Crippen molar-refractivity contribution in [2.45, 2.75) is 32.9 Å². The number of anilines is 1. The van der Waals surface area contributed by atoms with Crippen molar-refractivity contribution in [1.82, 2.24) is 15.1 Å². The standard InChI is InChI=1S/C15H20N4O/c1-3-12(2)19(11-13-7-5-4-6-8-13)15(20)18-14-9-16-17-10-14/h4-10,12H,3,11H2,1-2H3,(H,16,17)(H,18,20)/t12-/m1/s1. The van der Waals surface area contributed by atoms with Gasteiger partial charge in [-0.3, -0.25) is 5.10 Å². The Morgan fingerprint density at radius 1 is 1.40 bits per heavy atom. The first-order valence-corrected chi connectivity index (χ1v) is 6.81. The van der Waals surface area contributed by atoms with Gasteiger partial charge in [0.1, 0.15) is 0 Å². The number of aromatic nitrogens is 2. The molecule has 2 amide bonds. The molecule has 2 rings (SSSR count). The van der Waals surface area contributed by atoms with E-state index in [1.165, 1.54) is 0 Å². The number of aromatic amines is 1. The van der Waals surface area contributed by atoms with Crippen LogP contribution in [0.15, 0.2) is 42.7 Å². The molecule has 1 aromatic heterocycles. The van der Waals surface area contributed by atoms with Gasteiger partial charge in [-0.05, 0) is 18.9 Å². The highest BCUT2D eigenvalue weighted by Gasteiger charge is 2.19. The summed E-state index contributed by atoms with van der Waals surface area (Å²) in [6.07, 6.45) is 4.16. The van der Waals surface area contributed by atoms with Gasteiger partial charge in [-0.2, -0.15) is 5.10 Å². The maximum absolute atomic E-state index is 12.4. The van der Waals surface area contributed by atoms with Crippen LogP contribution >= 0.6 is 0 Å². The van der Waals surface area contributed by atoms with Gasteiger partial charge in [0.15, 0.2) is 0 Å². The maximum atomic E-state index is 12.4. The fourth-order valence-electron chi connectivity index (χ4n) is 1.94. The number of nitrogens with zero attached hydrogens (tertiary/aromatic N) is 2. The topological polar surface area (TPSA) is 61.0 Å². The van der Waals surface area contributed by atoms with Crippen molar-refractivity contribution in [3.05, 3.63) is 48.3 Å². The van der Waals surface area contributed by atoms with Gasteiger partial charge in [0.2, 0.25) is 0 Å². The Bertz CT molecular complexity index is 524. The smallest absolute Gasteiger partial charge is 0.318 e. The molecule has 106 valence electrons. The first-order chi connectivity index (χ1) is 9.70. The first-order valence-electron chi connectivity index (χ1n) is 6.81. The Kier molecular flexibility index (Phi) is 4.76. The van der Waals surface area contributed by atoms with Crippen LogP contribution in [0.5, 0.6) is 0 Å². The van der Waals surface area contributed by atoms with Crippen LogP contribution < -0.4 is 5.32 Å². The number of benzene rings is 1. The summed E-state index contributed by atoms with van der Waals surface area (Å²) < 4.78 is 0. The Morgan fingerprint density at radius 3 is 2.75 bits per heavy atom. The normalized spacial score (nSPS) is 11.9. The third-order valence-corrected chi connectivity index (χ3v) is 3.33. The zero-order chi connectivity index (χ0) is 14.4. The van der Waals surface area contributed by atoms with E-state index in [2.05, 4.69) is 29.4 Å². The lowest BCUT2D eigenvalue weighted by Crippen LogP contribution is -2.40. The second-order valence-electron chi connectivity index (χ2n) is 4.79. The van der Waals surface area contributed by atoms with E-state index in [9.17, 15) is 4.79 Å². The average Bonchev–Trinajstić information content (AvgIpc) is 2.98. The predicted octanol–water partition coefficient (Wildman–Crippen LogP) is 3.24. The molecule has 20 heavy (non-hydrogen) atoms. The number of urea groups is 1.